The average molecular weight is 190 g/mol. The number of aryl methyl sites for hydroxylation is 1. The molecule has 0 N–H and O–H groups in total. The van der Waals surface area contributed by atoms with E-state index >= 15 is 0 Å². The van der Waals surface area contributed by atoms with Crippen molar-refractivity contribution in [1.29, 1.82) is 0 Å². The van der Waals surface area contributed by atoms with Gasteiger partial charge in [-0.05, 0) is 6.92 Å². The van der Waals surface area contributed by atoms with Crippen molar-refractivity contribution in [2.24, 2.45) is 0 Å². The molecule has 66 valence electrons. The summed E-state index contributed by atoms with van der Waals surface area (Å²) in [6, 6.07) is 0. The molecular weight excluding hydrogens is 183 g/mol. The van der Waals surface area contributed by atoms with E-state index in [1.807, 2.05) is 0 Å². The Bertz CT molecular complexity index is 360. The molecule has 0 bridgehead atoms. The number of halogens is 1. The van der Waals surface area contributed by atoms with Crippen LogP contribution in [0.1, 0.15) is 11.4 Å². The third kappa shape index (κ3) is 2.91. The molecule has 6 heteroatoms. The van der Waals surface area contributed by atoms with Crippen LogP contribution in [0.25, 0.3) is 0 Å². The smallest absolute Gasteiger partial charge is 0.241 e. The highest BCUT2D eigenvalue weighted by Crippen LogP contribution is 2.04. The Hall–Kier alpha value is -1.04. The van der Waals surface area contributed by atoms with Gasteiger partial charge in [0.05, 0.1) is 0 Å². The number of nitrogens with zero attached hydrogens (tertiary/aromatic N) is 2. The highest BCUT2D eigenvalue weighted by atomic mass is 32.3. The predicted octanol–water partition coefficient (Wildman–Crippen LogP) is 0.584. The summed E-state index contributed by atoms with van der Waals surface area (Å²) < 4.78 is 32.4. The molecule has 1 aromatic rings. The fourth-order valence-electron chi connectivity index (χ4n) is 0.693. The Morgan fingerprint density at radius 2 is 1.92 bits per heavy atom. The zero-order chi connectivity index (χ0) is 9.19. The van der Waals surface area contributed by atoms with Gasteiger partial charge < -0.3 is 0 Å². The van der Waals surface area contributed by atoms with E-state index in [9.17, 15) is 12.3 Å². The minimum absolute atomic E-state index is 0.253. The van der Waals surface area contributed by atoms with E-state index in [1.165, 1.54) is 12.4 Å². The van der Waals surface area contributed by atoms with Crippen LogP contribution in [-0.4, -0.2) is 18.4 Å². The maximum Gasteiger partial charge on any atom is 0.306 e. The first kappa shape index (κ1) is 9.05. The van der Waals surface area contributed by atoms with Gasteiger partial charge in [0.2, 0.25) is 0 Å². The fourth-order valence-corrected chi connectivity index (χ4v) is 1.24. The molecule has 0 unspecified atom stereocenters. The summed E-state index contributed by atoms with van der Waals surface area (Å²) in [6.45, 7) is 1.66. The van der Waals surface area contributed by atoms with Crippen LogP contribution >= 0.6 is 0 Å². The normalized spacial score (nSPS) is 11.5. The summed E-state index contributed by atoms with van der Waals surface area (Å²) >= 11 is 0. The lowest BCUT2D eigenvalue weighted by Crippen LogP contribution is -1.98. The monoisotopic (exact) mass is 190 g/mol. The van der Waals surface area contributed by atoms with Gasteiger partial charge in [-0.1, -0.05) is 0 Å². The molecular formula is C6H7FN2O2S. The number of hydrogen-bond donors (Lipinski definition) is 0. The summed E-state index contributed by atoms with van der Waals surface area (Å²) in [4.78, 5) is 7.44. The molecule has 1 rings (SSSR count). The van der Waals surface area contributed by atoms with Gasteiger partial charge in [-0.3, -0.25) is 0 Å². The highest BCUT2D eigenvalue weighted by Gasteiger charge is 2.08. The van der Waals surface area contributed by atoms with Crippen LogP contribution in [0.5, 0.6) is 0 Å². The average Bonchev–Trinajstić information content (AvgIpc) is 1.91. The van der Waals surface area contributed by atoms with Crippen LogP contribution in [0.15, 0.2) is 12.4 Å². The largest absolute Gasteiger partial charge is 0.306 e. The van der Waals surface area contributed by atoms with Gasteiger partial charge in [-0.25, -0.2) is 9.97 Å². The lowest BCUT2D eigenvalue weighted by Gasteiger charge is -1.95. The van der Waals surface area contributed by atoms with Crippen LogP contribution in [-0.2, 0) is 16.0 Å². The Morgan fingerprint density at radius 1 is 1.42 bits per heavy atom. The molecule has 0 fully saturated rings. The lowest BCUT2D eigenvalue weighted by atomic mass is 10.4. The van der Waals surface area contributed by atoms with Crippen LogP contribution in [0.3, 0.4) is 0 Å². The minimum Gasteiger partial charge on any atom is -0.241 e. The maximum atomic E-state index is 12.1. The fraction of sp³-hybridized carbons (Fsp3) is 0.333. The summed E-state index contributed by atoms with van der Waals surface area (Å²) in [5.41, 5.74) is 0.253. The van der Waals surface area contributed by atoms with E-state index in [0.717, 1.165) is 0 Å². The molecule has 1 heterocycles. The molecule has 4 nitrogen and oxygen atoms in total. The van der Waals surface area contributed by atoms with Crippen LogP contribution < -0.4 is 0 Å². The molecule has 0 aliphatic heterocycles. The van der Waals surface area contributed by atoms with E-state index in [0.29, 0.717) is 5.82 Å². The van der Waals surface area contributed by atoms with Crippen molar-refractivity contribution in [3.8, 4) is 0 Å². The maximum absolute atomic E-state index is 12.1. The van der Waals surface area contributed by atoms with E-state index in [1.54, 1.807) is 6.92 Å². The summed E-state index contributed by atoms with van der Waals surface area (Å²) in [7, 11) is -4.47. The second-order valence-electron chi connectivity index (χ2n) is 2.32. The van der Waals surface area contributed by atoms with Crippen molar-refractivity contribution in [3.05, 3.63) is 23.8 Å². The SMILES string of the molecule is Cc1ncc(CS(=O)(=O)F)cn1. The molecule has 0 aliphatic carbocycles. The molecule has 0 aromatic carbocycles. The standard InChI is InChI=1S/C6H7FN2O2S/c1-5-8-2-6(3-9-5)4-12(7,10)11/h2-3H,4H2,1H3. The van der Waals surface area contributed by atoms with Gasteiger partial charge in [0, 0.05) is 18.0 Å². The first-order valence-corrected chi connectivity index (χ1v) is 4.72. The Kier molecular flexibility index (Phi) is 2.37. The second kappa shape index (κ2) is 3.14. The zero-order valence-corrected chi connectivity index (χ0v) is 7.18. The number of aromatic nitrogens is 2. The Labute approximate surface area is 69.7 Å². The van der Waals surface area contributed by atoms with E-state index in [4.69, 9.17) is 0 Å². The Morgan fingerprint density at radius 3 is 2.33 bits per heavy atom. The topological polar surface area (TPSA) is 59.9 Å². The van der Waals surface area contributed by atoms with Gasteiger partial charge >= 0.3 is 10.2 Å². The van der Waals surface area contributed by atoms with Crippen molar-refractivity contribution in [2.45, 2.75) is 12.7 Å². The van der Waals surface area contributed by atoms with Gasteiger partial charge in [0.25, 0.3) is 0 Å². The predicted molar refractivity (Wildman–Crippen MR) is 40.5 cm³/mol. The molecule has 0 saturated heterocycles. The first-order valence-electron chi connectivity index (χ1n) is 3.17. The highest BCUT2D eigenvalue weighted by molar-refractivity contribution is 7.85. The molecule has 0 radical (unpaired) electrons. The second-order valence-corrected chi connectivity index (χ2v) is 3.69. The summed E-state index contributed by atoms with van der Waals surface area (Å²) in [6.07, 6.45) is 2.58. The minimum atomic E-state index is -4.47. The van der Waals surface area contributed by atoms with Gasteiger partial charge in [0.15, 0.2) is 0 Å². The van der Waals surface area contributed by atoms with Crippen molar-refractivity contribution in [3.63, 3.8) is 0 Å². The van der Waals surface area contributed by atoms with Crippen LogP contribution in [0.2, 0.25) is 0 Å². The first-order chi connectivity index (χ1) is 5.47. The van der Waals surface area contributed by atoms with E-state index in [2.05, 4.69) is 9.97 Å². The number of hydrogen-bond acceptors (Lipinski definition) is 4. The Balaban J connectivity index is 2.85. The van der Waals surface area contributed by atoms with Crippen molar-refractivity contribution < 1.29 is 12.3 Å². The molecule has 0 atom stereocenters. The van der Waals surface area contributed by atoms with Gasteiger partial charge in [0.1, 0.15) is 11.6 Å². The van der Waals surface area contributed by atoms with Gasteiger partial charge in [-0.2, -0.15) is 8.42 Å². The summed E-state index contributed by atoms with van der Waals surface area (Å²) in [5.74, 6) is -0.136. The quantitative estimate of drug-likeness (QED) is 0.640. The van der Waals surface area contributed by atoms with Crippen LogP contribution in [0.4, 0.5) is 3.89 Å². The van der Waals surface area contributed by atoms with Crippen molar-refractivity contribution in [1.82, 2.24) is 9.97 Å². The molecule has 0 amide bonds. The summed E-state index contributed by atoms with van der Waals surface area (Å²) in [5, 5.41) is 0. The number of rotatable bonds is 2. The third-order valence-electron chi connectivity index (χ3n) is 1.17. The third-order valence-corrected chi connectivity index (χ3v) is 1.85. The van der Waals surface area contributed by atoms with E-state index in [-0.39, 0.29) is 5.56 Å². The molecule has 12 heavy (non-hydrogen) atoms. The zero-order valence-electron chi connectivity index (χ0n) is 6.36. The van der Waals surface area contributed by atoms with Gasteiger partial charge in [-0.15, -0.1) is 3.89 Å². The molecule has 0 spiro atoms. The van der Waals surface area contributed by atoms with Crippen molar-refractivity contribution >= 4 is 10.2 Å². The van der Waals surface area contributed by atoms with Crippen molar-refractivity contribution in [2.75, 3.05) is 0 Å². The molecule has 0 aliphatic rings. The van der Waals surface area contributed by atoms with Crippen LogP contribution in [0, 0.1) is 6.92 Å². The molecule has 0 saturated carbocycles. The lowest BCUT2D eigenvalue weighted by molar-refractivity contribution is 0.551. The molecule has 1 aromatic heterocycles. The van der Waals surface area contributed by atoms with E-state index < -0.39 is 16.0 Å².